The van der Waals surface area contributed by atoms with Gasteiger partial charge in [-0.05, 0) is 57.9 Å². The molecular weight excluding hydrogens is 1070 g/mol. The van der Waals surface area contributed by atoms with Crippen molar-refractivity contribution in [1.82, 2.24) is 25.3 Å². The van der Waals surface area contributed by atoms with Crippen LogP contribution in [-0.4, -0.2) is 186 Å². The van der Waals surface area contributed by atoms with Crippen LogP contribution in [0.4, 0.5) is 24.8 Å². The van der Waals surface area contributed by atoms with Crippen LogP contribution >= 0.6 is 0 Å². The molecule has 0 saturated carbocycles. The second kappa shape index (κ2) is 37.2. The fourth-order valence-corrected chi connectivity index (χ4v) is 7.25. The Balaban J connectivity index is 1.27. The number of H-pyrrole nitrogens is 1. The minimum absolute atomic E-state index is 0.0597. The third kappa shape index (κ3) is 27.9. The summed E-state index contributed by atoms with van der Waals surface area (Å²) in [6, 6.07) is 3.20. The number of terminal acetylenes is 3. The largest absolute Gasteiger partial charge is 0.471 e. The van der Waals surface area contributed by atoms with E-state index in [1.165, 1.54) is 0 Å². The summed E-state index contributed by atoms with van der Waals surface area (Å²) < 4.78 is 96.6. The molecule has 0 fully saturated rings. The molecule has 0 aliphatic heterocycles. The van der Waals surface area contributed by atoms with Crippen LogP contribution in [0.15, 0.2) is 35.3 Å². The van der Waals surface area contributed by atoms with Crippen LogP contribution < -0.4 is 21.5 Å². The number of Topliss-reactive ketones (excluding diaryl/α,β-unsaturated/α-hetero) is 2. The Morgan fingerprint density at radius 1 is 0.691 bits per heavy atom. The van der Waals surface area contributed by atoms with Crippen LogP contribution in [0, 0.1) is 42.4 Å². The average molecular weight is 1140 g/mol. The van der Waals surface area contributed by atoms with Crippen molar-refractivity contribution in [3.63, 3.8) is 0 Å². The Labute approximate surface area is 468 Å². The summed E-state index contributed by atoms with van der Waals surface area (Å²) in [5.74, 6) is 2.78. The van der Waals surface area contributed by atoms with Gasteiger partial charge in [0.1, 0.15) is 43.0 Å². The lowest BCUT2D eigenvalue weighted by molar-refractivity contribution is -0.170. The van der Waals surface area contributed by atoms with Crippen molar-refractivity contribution in [1.29, 1.82) is 0 Å². The van der Waals surface area contributed by atoms with Gasteiger partial charge >= 0.3 is 18.1 Å². The molecule has 1 atom stereocenters. The van der Waals surface area contributed by atoms with Gasteiger partial charge in [-0.3, -0.25) is 33.9 Å². The second-order valence-corrected chi connectivity index (χ2v) is 18.9. The second-order valence-electron chi connectivity index (χ2n) is 18.9. The van der Waals surface area contributed by atoms with Crippen LogP contribution in [0.1, 0.15) is 75.3 Å². The molecule has 4 N–H and O–H groups in total. The first kappa shape index (κ1) is 68.4. The first-order chi connectivity index (χ1) is 38.7. The summed E-state index contributed by atoms with van der Waals surface area (Å²) in [4.78, 5) is 91.5. The maximum absolute atomic E-state index is 13.8. The number of anilines is 2. The summed E-state index contributed by atoms with van der Waals surface area (Å²) in [5, 5.41) is 2.55. The predicted molar refractivity (Wildman–Crippen MR) is 287 cm³/mol. The number of ether oxygens (including phenoxy) is 10. The highest BCUT2D eigenvalue weighted by Crippen LogP contribution is 2.28. The molecule has 444 valence electrons. The molecule has 23 nitrogen and oxygen atoms in total. The molecule has 0 unspecified atom stereocenters. The van der Waals surface area contributed by atoms with Crippen molar-refractivity contribution < 1.29 is 84.5 Å². The van der Waals surface area contributed by atoms with Gasteiger partial charge < -0.3 is 58.4 Å². The quantitative estimate of drug-likeness (QED) is 0.0416. The maximum Gasteiger partial charge on any atom is 0.471 e. The zero-order valence-corrected chi connectivity index (χ0v) is 45.9. The summed E-state index contributed by atoms with van der Waals surface area (Å²) in [6.07, 6.45) is 12.2. The number of hydrogen-bond donors (Lipinski definition) is 3. The normalized spacial score (nSPS) is 12.0. The van der Waals surface area contributed by atoms with Crippen molar-refractivity contribution in [2.75, 3.05) is 130 Å². The Morgan fingerprint density at radius 3 is 1.69 bits per heavy atom. The van der Waals surface area contributed by atoms with Gasteiger partial charge in [0.25, 0.3) is 11.5 Å². The zero-order chi connectivity index (χ0) is 59.5. The fraction of sp³-hybridized carbons (Fsp3) is 0.582. The van der Waals surface area contributed by atoms with Crippen molar-refractivity contribution in [2.45, 2.75) is 83.7 Å². The standard InChI is InChI=1S/C55H72F3N7O16/c1-7-19-78-37-54(38-79-20-8-2,39-80-21-9-3)34-44(67)18-23-73-25-27-75-29-31-77-33-32-76-30-28-74-26-24-72-22-10-11-43(66)16-17-45(50(70)81-53(4,5)6)62-48(68)40-12-14-42(15-13-40)65(51(71)55(56,57)58)36-41-35-60-47-46(61-41)49(69)64-52(59)63-47/h1-3,12-15,35,45H,10-11,16-34,36-39H2,4-6H3,(H,62,68)(H3,59,60,63,64,69)/t45-/m0/s1. The number of esters is 1. The molecule has 2 heterocycles. The van der Waals surface area contributed by atoms with Gasteiger partial charge in [0.15, 0.2) is 11.2 Å². The van der Waals surface area contributed by atoms with Crippen molar-refractivity contribution in [3.8, 4) is 37.0 Å². The minimum atomic E-state index is -5.32. The van der Waals surface area contributed by atoms with E-state index in [0.717, 1.165) is 30.5 Å². The monoisotopic (exact) mass is 1140 g/mol. The van der Waals surface area contributed by atoms with Gasteiger partial charge in [0.2, 0.25) is 5.95 Å². The maximum atomic E-state index is 13.8. The number of nitrogens with one attached hydrogen (secondary N) is 2. The van der Waals surface area contributed by atoms with Crippen LogP contribution in [0.25, 0.3) is 11.2 Å². The summed E-state index contributed by atoms with van der Waals surface area (Å²) in [5.41, 5.74) is 1.92. The third-order valence-corrected chi connectivity index (χ3v) is 10.9. The first-order valence-corrected chi connectivity index (χ1v) is 25.8. The third-order valence-electron chi connectivity index (χ3n) is 10.9. The highest BCUT2D eigenvalue weighted by atomic mass is 19.4. The SMILES string of the molecule is C#CCOCC(COCC#C)(COCC#C)CC(=O)CCOCCOCCOCCOCCOCCOCCCC(=O)CC[C@H](NC(=O)c1ccc(N(Cc2cnc3nc(N)[nH]c(=O)c3n2)C(=O)C(F)(F)F)cc1)C(=O)OC(C)(C)C. The number of nitrogens with two attached hydrogens (primary N) is 1. The summed E-state index contributed by atoms with van der Waals surface area (Å²) in [6.45, 7) is 8.34. The number of hydrogen-bond acceptors (Lipinski definition) is 20. The number of amides is 2. The fourth-order valence-electron chi connectivity index (χ4n) is 7.25. The number of halogens is 3. The van der Waals surface area contributed by atoms with Crippen LogP contribution in [-0.2, 0) is 73.1 Å². The van der Waals surface area contributed by atoms with E-state index < -0.39 is 53.1 Å². The van der Waals surface area contributed by atoms with Gasteiger partial charge in [-0.1, -0.05) is 17.8 Å². The Morgan fingerprint density at radius 2 is 1.20 bits per heavy atom. The molecule has 1 aromatic carbocycles. The molecule has 81 heavy (non-hydrogen) atoms. The molecule has 0 radical (unpaired) electrons. The molecule has 0 saturated heterocycles. The van der Waals surface area contributed by atoms with Gasteiger partial charge in [-0.25, -0.2) is 14.8 Å². The number of aromatic amines is 1. The number of aromatic nitrogens is 4. The molecule has 0 bridgehead atoms. The van der Waals surface area contributed by atoms with E-state index in [4.69, 9.17) is 72.4 Å². The van der Waals surface area contributed by atoms with Crippen LogP contribution in [0.2, 0.25) is 0 Å². The lowest BCUT2D eigenvalue weighted by atomic mass is 9.84. The summed E-state index contributed by atoms with van der Waals surface area (Å²) >= 11 is 0. The number of nitrogen functional groups attached to an aromatic ring is 1. The highest BCUT2D eigenvalue weighted by molar-refractivity contribution is 5.99. The van der Waals surface area contributed by atoms with Gasteiger partial charge in [0, 0.05) is 49.0 Å². The number of nitrogens with zero attached hydrogens (tertiary/aromatic N) is 4. The van der Waals surface area contributed by atoms with Crippen LogP contribution in [0.3, 0.4) is 0 Å². The number of alkyl halides is 3. The molecule has 0 aliphatic carbocycles. The molecule has 2 aromatic heterocycles. The molecule has 3 rings (SSSR count). The topological polar surface area (TPSA) is 290 Å². The average Bonchev–Trinajstić information content (AvgIpc) is 3.41. The van der Waals surface area contributed by atoms with E-state index in [1.807, 2.05) is 0 Å². The van der Waals surface area contributed by atoms with E-state index >= 15 is 0 Å². The van der Waals surface area contributed by atoms with Crippen LogP contribution in [0.5, 0.6) is 0 Å². The van der Waals surface area contributed by atoms with E-state index in [-0.39, 0.29) is 144 Å². The van der Waals surface area contributed by atoms with E-state index in [1.54, 1.807) is 20.8 Å². The highest BCUT2D eigenvalue weighted by Gasteiger charge is 2.43. The Bertz CT molecular complexity index is 2580. The van der Waals surface area contributed by atoms with Crippen molar-refractivity contribution in [2.24, 2.45) is 5.41 Å². The summed E-state index contributed by atoms with van der Waals surface area (Å²) in [7, 11) is 0. The van der Waals surface area contributed by atoms with E-state index in [2.05, 4.69) is 43.0 Å². The number of rotatable bonds is 42. The number of carbonyl (C=O) groups is 5. The number of carbonyl (C=O) groups excluding carboxylic acids is 5. The minimum Gasteiger partial charge on any atom is -0.458 e. The molecule has 2 amide bonds. The van der Waals surface area contributed by atoms with E-state index in [0.29, 0.717) is 64.2 Å². The van der Waals surface area contributed by atoms with Crippen molar-refractivity contribution >= 4 is 52.1 Å². The number of fused-ring (bicyclic) bond motifs is 1. The van der Waals surface area contributed by atoms with Gasteiger partial charge in [-0.15, -0.1) is 19.3 Å². The molecular formula is C55H72F3N7O16. The lowest BCUT2D eigenvalue weighted by Gasteiger charge is -2.32. The Kier molecular flexibility index (Phi) is 31.4. The smallest absolute Gasteiger partial charge is 0.458 e. The number of ketones is 2. The molecule has 26 heteroatoms. The van der Waals surface area contributed by atoms with Crippen molar-refractivity contribution in [3.05, 3.63) is 52.1 Å². The van der Waals surface area contributed by atoms with E-state index in [9.17, 15) is 41.9 Å². The zero-order valence-electron chi connectivity index (χ0n) is 45.9. The predicted octanol–water partition coefficient (Wildman–Crippen LogP) is 3.35. The number of benzene rings is 1. The molecule has 3 aromatic rings. The van der Waals surface area contributed by atoms with Gasteiger partial charge in [-0.2, -0.15) is 18.2 Å². The first-order valence-electron chi connectivity index (χ1n) is 25.8. The van der Waals surface area contributed by atoms with Gasteiger partial charge in [0.05, 0.1) is 111 Å². The Hall–Kier alpha value is -6.90. The molecule has 0 aliphatic rings. The lowest BCUT2D eigenvalue weighted by Crippen LogP contribution is -2.44. The molecule has 0 spiro atoms.